The molecule has 2 unspecified atom stereocenters. The Hall–Kier alpha value is -2.12. The maximum atomic E-state index is 13.0. The molecule has 0 spiro atoms. The summed E-state index contributed by atoms with van der Waals surface area (Å²) in [6, 6.07) is 7.33. The van der Waals surface area contributed by atoms with Crippen LogP contribution in [-0.4, -0.2) is 40.2 Å². The van der Waals surface area contributed by atoms with Crippen LogP contribution in [0.5, 0.6) is 0 Å². The Kier molecular flexibility index (Phi) is 6.01. The lowest BCUT2D eigenvalue weighted by molar-refractivity contribution is -0.0327. The van der Waals surface area contributed by atoms with Crippen LogP contribution in [0.25, 0.3) is 10.1 Å². The summed E-state index contributed by atoms with van der Waals surface area (Å²) in [6.07, 6.45) is 3.03. The van der Waals surface area contributed by atoms with Crippen LogP contribution in [0.1, 0.15) is 51.3 Å². The third-order valence-corrected chi connectivity index (χ3v) is 7.82. The number of nitrogens with zero attached hydrogens (tertiary/aromatic N) is 2. The summed E-state index contributed by atoms with van der Waals surface area (Å²) < 4.78 is 45.3. The first kappa shape index (κ1) is 23.1. The molecule has 2 aliphatic rings. The normalized spacial score (nSPS) is 23.3. The number of amides is 1. The van der Waals surface area contributed by atoms with E-state index in [1.54, 1.807) is 12.1 Å². The lowest BCUT2D eigenvalue weighted by Gasteiger charge is -2.40. The van der Waals surface area contributed by atoms with Crippen molar-refractivity contribution in [3.8, 4) is 6.07 Å². The van der Waals surface area contributed by atoms with Crippen LogP contribution in [0.3, 0.4) is 0 Å². The Morgan fingerprint density at radius 1 is 1.25 bits per heavy atom. The molecule has 0 saturated carbocycles. The molecule has 3 heterocycles. The van der Waals surface area contributed by atoms with Crippen molar-refractivity contribution >= 4 is 45.0 Å². The number of thiophene rings is 1. The number of benzene rings is 1. The van der Waals surface area contributed by atoms with Crippen molar-refractivity contribution in [1.29, 1.82) is 5.26 Å². The highest BCUT2D eigenvalue weighted by molar-refractivity contribution is 8.00. The van der Waals surface area contributed by atoms with Crippen molar-refractivity contribution in [2.75, 3.05) is 5.32 Å². The van der Waals surface area contributed by atoms with Crippen molar-refractivity contribution in [3.63, 3.8) is 0 Å². The zero-order valence-corrected chi connectivity index (χ0v) is 19.6. The zero-order chi connectivity index (χ0) is 23.3. The van der Waals surface area contributed by atoms with Gasteiger partial charge < -0.3 is 15.0 Å². The van der Waals surface area contributed by atoms with Gasteiger partial charge in [0.2, 0.25) is 0 Å². The molecule has 32 heavy (non-hydrogen) atoms. The number of anilines is 1. The second-order valence-electron chi connectivity index (χ2n) is 9.19. The minimum Gasteiger partial charge on any atom is -0.444 e. The number of thioether (sulfide) groups is 1. The molecule has 172 valence electrons. The number of hydrogen-bond donors (Lipinski definition) is 1. The van der Waals surface area contributed by atoms with Crippen molar-refractivity contribution in [2.24, 2.45) is 0 Å². The highest BCUT2D eigenvalue weighted by Crippen LogP contribution is 2.47. The van der Waals surface area contributed by atoms with Gasteiger partial charge in [-0.25, -0.2) is 4.79 Å². The van der Waals surface area contributed by atoms with E-state index in [2.05, 4.69) is 5.32 Å². The molecule has 1 amide bonds. The predicted molar refractivity (Wildman–Crippen MR) is 120 cm³/mol. The summed E-state index contributed by atoms with van der Waals surface area (Å²) in [5.41, 5.74) is -4.28. The Morgan fingerprint density at radius 2 is 1.91 bits per heavy atom. The van der Waals surface area contributed by atoms with Gasteiger partial charge in [-0.15, -0.1) is 11.3 Å². The summed E-state index contributed by atoms with van der Waals surface area (Å²) in [5.74, 6) is 0. The molecule has 10 heteroatoms. The standard InChI is InChI=1S/C22H24F3N3O2S2/c1-21(2,3)30-20(29)28-13-7-8-14(28)10-12(9-13)27-16-6-4-5-15-18(16)31-17(11-26)19(15)32-22(23,24)25/h4-6,12-14,27H,7-10H2,1-3H3. The van der Waals surface area contributed by atoms with E-state index in [9.17, 15) is 23.2 Å². The number of nitriles is 1. The van der Waals surface area contributed by atoms with Crippen LogP contribution < -0.4 is 5.32 Å². The Labute approximate surface area is 192 Å². The van der Waals surface area contributed by atoms with Gasteiger partial charge in [0.05, 0.1) is 15.3 Å². The van der Waals surface area contributed by atoms with Gasteiger partial charge in [-0.3, -0.25) is 0 Å². The van der Waals surface area contributed by atoms with E-state index < -0.39 is 11.1 Å². The highest BCUT2D eigenvalue weighted by atomic mass is 32.2. The molecule has 4 rings (SSSR count). The van der Waals surface area contributed by atoms with Crippen LogP contribution in [0.2, 0.25) is 0 Å². The van der Waals surface area contributed by atoms with E-state index in [0.717, 1.165) is 42.7 Å². The van der Waals surface area contributed by atoms with Gasteiger partial charge in [0.25, 0.3) is 0 Å². The number of piperidine rings is 1. The van der Waals surface area contributed by atoms with E-state index in [1.165, 1.54) is 0 Å². The molecule has 0 aliphatic carbocycles. The Balaban J connectivity index is 1.54. The number of alkyl halides is 3. The third kappa shape index (κ3) is 4.79. The second-order valence-corrected chi connectivity index (χ2v) is 11.3. The minimum atomic E-state index is -4.46. The number of carbonyl (C=O) groups is 1. The van der Waals surface area contributed by atoms with Crippen LogP contribution in [0.15, 0.2) is 23.1 Å². The molecule has 1 N–H and O–H groups in total. The van der Waals surface area contributed by atoms with Gasteiger partial charge in [-0.1, -0.05) is 12.1 Å². The number of rotatable bonds is 3. The lowest BCUT2D eigenvalue weighted by Crippen LogP contribution is -2.51. The lowest BCUT2D eigenvalue weighted by atomic mass is 9.97. The average molecular weight is 484 g/mol. The molecule has 2 saturated heterocycles. The zero-order valence-electron chi connectivity index (χ0n) is 18.0. The highest BCUT2D eigenvalue weighted by Gasteiger charge is 2.45. The van der Waals surface area contributed by atoms with Gasteiger partial charge in [0, 0.05) is 23.5 Å². The number of halogens is 3. The SMILES string of the molecule is CC(C)(C)OC(=O)N1C2CCC1CC(Nc1cccc3c(SC(F)(F)F)c(C#N)sc13)C2. The fourth-order valence-electron chi connectivity index (χ4n) is 4.63. The van der Waals surface area contributed by atoms with Crippen LogP contribution in [-0.2, 0) is 4.74 Å². The number of carbonyl (C=O) groups excluding carboxylic acids is 1. The van der Waals surface area contributed by atoms with Gasteiger partial charge in [-0.2, -0.15) is 18.4 Å². The maximum absolute atomic E-state index is 13.0. The van der Waals surface area contributed by atoms with Gasteiger partial charge >= 0.3 is 11.6 Å². The van der Waals surface area contributed by atoms with Crippen molar-refractivity contribution < 1.29 is 22.7 Å². The van der Waals surface area contributed by atoms with Gasteiger partial charge in [0.15, 0.2) is 0 Å². The summed E-state index contributed by atoms with van der Waals surface area (Å²) in [5, 5.41) is 13.3. The molecule has 5 nitrogen and oxygen atoms in total. The summed E-state index contributed by atoms with van der Waals surface area (Å²) in [4.78, 5) is 14.6. The van der Waals surface area contributed by atoms with Crippen LogP contribution in [0.4, 0.5) is 23.7 Å². The predicted octanol–water partition coefficient (Wildman–Crippen LogP) is 6.73. The topological polar surface area (TPSA) is 65.4 Å². The number of nitrogens with one attached hydrogen (secondary N) is 1. The molecule has 2 atom stereocenters. The Morgan fingerprint density at radius 3 is 2.47 bits per heavy atom. The second kappa shape index (κ2) is 8.34. The number of hydrogen-bond acceptors (Lipinski definition) is 6. The third-order valence-electron chi connectivity index (χ3n) is 5.69. The van der Waals surface area contributed by atoms with Crippen molar-refractivity contribution in [2.45, 2.75) is 80.6 Å². The summed E-state index contributed by atoms with van der Waals surface area (Å²) >= 11 is 0.843. The molecule has 0 radical (unpaired) electrons. The largest absolute Gasteiger partial charge is 0.446 e. The monoisotopic (exact) mass is 483 g/mol. The average Bonchev–Trinajstić information content (AvgIpc) is 3.15. The van der Waals surface area contributed by atoms with Gasteiger partial charge in [0.1, 0.15) is 16.5 Å². The minimum absolute atomic E-state index is 0.0385. The fraction of sp³-hybridized carbons (Fsp3) is 0.545. The van der Waals surface area contributed by atoms with Crippen molar-refractivity contribution in [1.82, 2.24) is 4.90 Å². The summed E-state index contributed by atoms with van der Waals surface area (Å²) in [6.45, 7) is 5.55. The molecule has 2 bridgehead atoms. The van der Waals surface area contributed by atoms with Crippen molar-refractivity contribution in [3.05, 3.63) is 23.1 Å². The number of fused-ring (bicyclic) bond motifs is 3. The molecule has 1 aromatic carbocycles. The van der Waals surface area contributed by atoms with E-state index in [-0.39, 0.29) is 45.8 Å². The molecule has 2 fully saturated rings. The molecular weight excluding hydrogens is 459 g/mol. The van der Waals surface area contributed by atoms with Crippen LogP contribution in [0, 0.1) is 11.3 Å². The molecule has 2 aliphatic heterocycles. The van der Waals surface area contributed by atoms with Crippen LogP contribution >= 0.6 is 23.1 Å². The quantitative estimate of drug-likeness (QED) is 0.491. The molecule has 1 aromatic heterocycles. The Bertz CT molecular complexity index is 1060. The molecular formula is C22H24F3N3O2S2. The maximum Gasteiger partial charge on any atom is 0.446 e. The first-order valence-corrected chi connectivity index (χ1v) is 12.1. The first-order chi connectivity index (χ1) is 14.9. The fourth-order valence-corrected chi connectivity index (χ4v) is 6.56. The first-order valence-electron chi connectivity index (χ1n) is 10.4. The summed E-state index contributed by atoms with van der Waals surface area (Å²) in [7, 11) is 0. The smallest absolute Gasteiger partial charge is 0.444 e. The van der Waals surface area contributed by atoms with E-state index >= 15 is 0 Å². The number of ether oxygens (including phenoxy) is 1. The van der Waals surface area contributed by atoms with E-state index in [4.69, 9.17) is 4.74 Å². The van der Waals surface area contributed by atoms with E-state index in [1.807, 2.05) is 37.8 Å². The van der Waals surface area contributed by atoms with E-state index in [0.29, 0.717) is 10.1 Å². The van der Waals surface area contributed by atoms with Gasteiger partial charge in [-0.05, 0) is 64.3 Å². The molecule has 2 aromatic rings.